The SMILES string of the molecule is Cc1cc(C2(N)N=C(N)C=CN2)c2c(c1C1CCNCC1)OCCO2. The number of hydrogen-bond donors (Lipinski definition) is 4. The van der Waals surface area contributed by atoms with Crippen molar-refractivity contribution >= 4 is 5.84 Å². The van der Waals surface area contributed by atoms with Crippen LogP contribution in [0.2, 0.25) is 0 Å². The molecule has 0 radical (unpaired) electrons. The number of amidine groups is 1. The summed E-state index contributed by atoms with van der Waals surface area (Å²) in [5.41, 5.74) is 15.5. The first-order chi connectivity index (χ1) is 12.1. The molecule has 3 aliphatic rings. The molecule has 1 saturated heterocycles. The lowest BCUT2D eigenvalue weighted by molar-refractivity contribution is 0.162. The van der Waals surface area contributed by atoms with Crippen molar-refractivity contribution < 1.29 is 9.47 Å². The highest BCUT2D eigenvalue weighted by molar-refractivity contribution is 5.92. The molecule has 0 spiro atoms. The summed E-state index contributed by atoms with van der Waals surface area (Å²) in [6, 6.07) is 2.06. The molecule has 134 valence electrons. The van der Waals surface area contributed by atoms with Crippen molar-refractivity contribution in [1.29, 1.82) is 0 Å². The lowest BCUT2D eigenvalue weighted by atomic mass is 9.84. The van der Waals surface area contributed by atoms with E-state index in [9.17, 15) is 0 Å². The van der Waals surface area contributed by atoms with Crippen LogP contribution in [-0.2, 0) is 5.79 Å². The number of benzene rings is 1. The van der Waals surface area contributed by atoms with Gasteiger partial charge in [-0.1, -0.05) is 0 Å². The number of hydrogen-bond acceptors (Lipinski definition) is 7. The van der Waals surface area contributed by atoms with E-state index in [1.165, 1.54) is 5.56 Å². The number of fused-ring (bicyclic) bond motifs is 1. The van der Waals surface area contributed by atoms with E-state index < -0.39 is 5.79 Å². The van der Waals surface area contributed by atoms with E-state index in [0.29, 0.717) is 30.7 Å². The molecule has 3 heterocycles. The molecule has 1 atom stereocenters. The average Bonchev–Trinajstić information content (AvgIpc) is 2.61. The lowest BCUT2D eigenvalue weighted by Gasteiger charge is -2.35. The van der Waals surface area contributed by atoms with E-state index in [4.69, 9.17) is 20.9 Å². The molecule has 1 unspecified atom stereocenters. The number of nitrogens with one attached hydrogen (secondary N) is 2. The molecule has 3 aliphatic heterocycles. The summed E-state index contributed by atoms with van der Waals surface area (Å²) in [5.74, 6) is 1.20. The second-order valence-corrected chi connectivity index (χ2v) is 6.81. The van der Waals surface area contributed by atoms with Crippen LogP contribution in [0.4, 0.5) is 0 Å². The molecule has 7 nitrogen and oxygen atoms in total. The molecule has 0 aromatic heterocycles. The maximum Gasteiger partial charge on any atom is 0.214 e. The third-order valence-corrected chi connectivity index (χ3v) is 5.08. The summed E-state index contributed by atoms with van der Waals surface area (Å²) in [4.78, 5) is 4.40. The Morgan fingerprint density at radius 3 is 2.64 bits per heavy atom. The van der Waals surface area contributed by atoms with Crippen molar-refractivity contribution in [3.05, 3.63) is 35.0 Å². The Balaban J connectivity index is 1.84. The van der Waals surface area contributed by atoms with Gasteiger partial charge in [0.25, 0.3) is 0 Å². The minimum atomic E-state index is -1.15. The molecule has 0 aliphatic carbocycles. The first kappa shape index (κ1) is 16.2. The minimum absolute atomic E-state index is 0.381. The molecule has 0 bridgehead atoms. The standard InChI is InChI=1S/C18H25N5O2/c1-11-10-13(18(20)22-7-4-14(19)23-18)16-17(25-9-8-24-16)15(11)12-2-5-21-6-3-12/h4,7,10,12,21-22H,2-3,5-6,8-9,20H2,1H3,(H2,19,23). The van der Waals surface area contributed by atoms with Crippen molar-refractivity contribution in [1.82, 2.24) is 10.6 Å². The van der Waals surface area contributed by atoms with Crippen molar-refractivity contribution in [2.45, 2.75) is 31.5 Å². The summed E-state index contributed by atoms with van der Waals surface area (Å²) >= 11 is 0. The summed E-state index contributed by atoms with van der Waals surface area (Å²) < 4.78 is 12.1. The molecular formula is C18H25N5O2. The highest BCUT2D eigenvalue weighted by Crippen LogP contribution is 2.47. The normalized spacial score (nSPS) is 26.1. The Hall–Kier alpha value is -2.25. The fourth-order valence-corrected chi connectivity index (χ4v) is 3.92. The number of nitrogens with zero attached hydrogens (tertiary/aromatic N) is 1. The Kier molecular flexibility index (Phi) is 4.05. The number of rotatable bonds is 2. The molecule has 1 aromatic carbocycles. The van der Waals surface area contributed by atoms with Gasteiger partial charge in [0.1, 0.15) is 19.0 Å². The molecular weight excluding hydrogens is 318 g/mol. The summed E-state index contributed by atoms with van der Waals surface area (Å²) in [6.07, 6.45) is 5.59. The van der Waals surface area contributed by atoms with Crippen LogP contribution >= 0.6 is 0 Å². The van der Waals surface area contributed by atoms with Gasteiger partial charge in [0.15, 0.2) is 11.5 Å². The van der Waals surface area contributed by atoms with Gasteiger partial charge >= 0.3 is 0 Å². The Bertz CT molecular complexity index is 739. The van der Waals surface area contributed by atoms with Gasteiger partial charge in [0, 0.05) is 11.8 Å². The number of ether oxygens (including phenoxy) is 2. The molecule has 0 amide bonds. The topological polar surface area (TPSA) is 107 Å². The zero-order valence-corrected chi connectivity index (χ0v) is 14.5. The Morgan fingerprint density at radius 2 is 1.92 bits per heavy atom. The third-order valence-electron chi connectivity index (χ3n) is 5.08. The predicted molar refractivity (Wildman–Crippen MR) is 96.8 cm³/mol. The van der Waals surface area contributed by atoms with E-state index in [-0.39, 0.29) is 0 Å². The number of piperidine rings is 1. The van der Waals surface area contributed by atoms with Gasteiger partial charge in [0.2, 0.25) is 5.79 Å². The molecule has 25 heavy (non-hydrogen) atoms. The monoisotopic (exact) mass is 343 g/mol. The number of aliphatic imine (C=N–C) groups is 1. The quantitative estimate of drug-likeness (QED) is 0.632. The highest BCUT2D eigenvalue weighted by Gasteiger charge is 2.37. The molecule has 7 heteroatoms. The molecule has 1 fully saturated rings. The average molecular weight is 343 g/mol. The highest BCUT2D eigenvalue weighted by atomic mass is 16.6. The smallest absolute Gasteiger partial charge is 0.214 e. The molecule has 0 saturated carbocycles. The van der Waals surface area contributed by atoms with Crippen LogP contribution in [0.5, 0.6) is 11.5 Å². The lowest BCUT2D eigenvalue weighted by Crippen LogP contribution is -2.50. The van der Waals surface area contributed by atoms with Crippen molar-refractivity contribution in [3.8, 4) is 11.5 Å². The summed E-state index contributed by atoms with van der Waals surface area (Å²) in [5, 5.41) is 6.52. The van der Waals surface area contributed by atoms with Gasteiger partial charge in [-0.15, -0.1) is 0 Å². The zero-order chi connectivity index (χ0) is 17.4. The minimum Gasteiger partial charge on any atom is -0.486 e. The van der Waals surface area contributed by atoms with Crippen LogP contribution in [0, 0.1) is 6.92 Å². The van der Waals surface area contributed by atoms with Crippen LogP contribution in [0.15, 0.2) is 23.3 Å². The van der Waals surface area contributed by atoms with Crippen molar-refractivity contribution in [3.63, 3.8) is 0 Å². The van der Waals surface area contributed by atoms with Crippen LogP contribution in [-0.4, -0.2) is 32.1 Å². The number of nitrogens with two attached hydrogens (primary N) is 2. The molecule has 1 aromatic rings. The molecule has 6 N–H and O–H groups in total. The van der Waals surface area contributed by atoms with E-state index in [1.54, 1.807) is 12.3 Å². The van der Waals surface area contributed by atoms with E-state index in [0.717, 1.165) is 42.8 Å². The van der Waals surface area contributed by atoms with Crippen molar-refractivity contribution in [2.24, 2.45) is 16.5 Å². The molecule has 4 rings (SSSR count). The van der Waals surface area contributed by atoms with Gasteiger partial charge in [-0.3, -0.25) is 5.73 Å². The van der Waals surface area contributed by atoms with E-state index >= 15 is 0 Å². The van der Waals surface area contributed by atoms with Crippen molar-refractivity contribution in [2.75, 3.05) is 26.3 Å². The van der Waals surface area contributed by atoms with Gasteiger partial charge in [-0.05, 0) is 56.5 Å². The zero-order valence-electron chi connectivity index (χ0n) is 14.5. The Labute approximate surface area is 147 Å². The van der Waals surface area contributed by atoms with Gasteiger partial charge in [-0.2, -0.15) is 0 Å². The van der Waals surface area contributed by atoms with E-state index in [1.807, 2.05) is 0 Å². The second kappa shape index (κ2) is 6.24. The van der Waals surface area contributed by atoms with Crippen LogP contribution in [0.1, 0.15) is 35.4 Å². The van der Waals surface area contributed by atoms with Crippen LogP contribution in [0.3, 0.4) is 0 Å². The van der Waals surface area contributed by atoms with Gasteiger partial charge in [-0.25, -0.2) is 4.99 Å². The van der Waals surface area contributed by atoms with Crippen LogP contribution < -0.4 is 31.6 Å². The Morgan fingerprint density at radius 1 is 1.20 bits per heavy atom. The van der Waals surface area contributed by atoms with Gasteiger partial charge < -0.3 is 25.8 Å². The van der Waals surface area contributed by atoms with E-state index in [2.05, 4.69) is 28.6 Å². The second-order valence-electron chi connectivity index (χ2n) is 6.81. The van der Waals surface area contributed by atoms with Gasteiger partial charge in [0.05, 0.1) is 5.56 Å². The fraction of sp³-hybridized carbons (Fsp3) is 0.500. The largest absolute Gasteiger partial charge is 0.486 e. The predicted octanol–water partition coefficient (Wildman–Crippen LogP) is 0.776. The summed E-state index contributed by atoms with van der Waals surface area (Å²) in [7, 11) is 0. The first-order valence-corrected chi connectivity index (χ1v) is 8.81. The first-order valence-electron chi connectivity index (χ1n) is 8.81. The maximum absolute atomic E-state index is 6.52. The summed E-state index contributed by atoms with van der Waals surface area (Å²) in [6.45, 7) is 5.20. The fourth-order valence-electron chi connectivity index (χ4n) is 3.92. The maximum atomic E-state index is 6.52. The van der Waals surface area contributed by atoms with Crippen LogP contribution in [0.25, 0.3) is 0 Å². The third kappa shape index (κ3) is 2.83. The number of aryl methyl sites for hydroxylation is 1.